The van der Waals surface area contributed by atoms with Crippen LogP contribution in [0.1, 0.15) is 24.9 Å². The molecule has 128 valence electrons. The van der Waals surface area contributed by atoms with Gasteiger partial charge in [0.05, 0.1) is 17.5 Å². The highest BCUT2D eigenvalue weighted by molar-refractivity contribution is 7.89. The summed E-state index contributed by atoms with van der Waals surface area (Å²) in [5, 5.41) is 9.37. The number of likely N-dealkylation sites (tertiary alicyclic amines) is 1. The van der Waals surface area contributed by atoms with Gasteiger partial charge in [-0.3, -0.25) is 4.79 Å². The molecule has 1 aromatic heterocycles. The number of primary sulfonamides is 1. The molecule has 1 aliphatic rings. The van der Waals surface area contributed by atoms with Gasteiger partial charge in [0.25, 0.3) is 0 Å². The number of hydrogen-bond acceptors (Lipinski definition) is 4. The quantitative estimate of drug-likeness (QED) is 0.874. The number of hydrogen-bond donors (Lipinski definition) is 1. The zero-order chi connectivity index (χ0) is 17.3. The second-order valence-corrected chi connectivity index (χ2v) is 7.79. The molecule has 2 N–H and O–H groups in total. The average Bonchev–Trinajstić information content (AvgIpc) is 3.15. The summed E-state index contributed by atoms with van der Waals surface area (Å²) in [6.07, 6.45) is 3.76. The fourth-order valence-electron chi connectivity index (χ4n) is 3.25. The third-order valence-electron chi connectivity index (χ3n) is 4.31. The van der Waals surface area contributed by atoms with E-state index in [2.05, 4.69) is 5.10 Å². The molecule has 0 saturated carbocycles. The molecular weight excluding hydrogens is 328 g/mol. The minimum atomic E-state index is -3.58. The molecule has 7 nitrogen and oxygen atoms in total. The van der Waals surface area contributed by atoms with Crippen molar-refractivity contribution in [1.82, 2.24) is 14.7 Å². The average molecular weight is 348 g/mol. The number of sulfonamides is 1. The van der Waals surface area contributed by atoms with Gasteiger partial charge in [0, 0.05) is 36.8 Å². The summed E-state index contributed by atoms with van der Waals surface area (Å²) >= 11 is 0. The van der Waals surface area contributed by atoms with Crippen LogP contribution in [0.2, 0.25) is 0 Å². The molecule has 1 amide bonds. The van der Waals surface area contributed by atoms with Crippen LogP contribution in [0.15, 0.2) is 42.7 Å². The van der Waals surface area contributed by atoms with Gasteiger partial charge < -0.3 is 4.90 Å². The molecule has 8 heteroatoms. The molecule has 0 aliphatic carbocycles. The van der Waals surface area contributed by atoms with Crippen molar-refractivity contribution in [1.29, 1.82) is 0 Å². The van der Waals surface area contributed by atoms with E-state index in [1.807, 2.05) is 43.5 Å². The smallest absolute Gasteiger partial charge is 0.223 e. The fourth-order valence-corrected chi connectivity index (χ4v) is 4.13. The predicted octanol–water partition coefficient (Wildman–Crippen LogP) is 1.07. The van der Waals surface area contributed by atoms with Crippen LogP contribution >= 0.6 is 0 Å². The Hall–Kier alpha value is -2.19. The number of carbonyl (C=O) groups excluding carboxylic acids is 1. The van der Waals surface area contributed by atoms with Crippen LogP contribution in [0, 0.1) is 5.92 Å². The molecule has 0 radical (unpaired) electrons. The van der Waals surface area contributed by atoms with E-state index in [1.54, 1.807) is 15.8 Å². The van der Waals surface area contributed by atoms with Crippen LogP contribution in [-0.4, -0.2) is 41.3 Å². The summed E-state index contributed by atoms with van der Waals surface area (Å²) in [6.45, 7) is 2.34. The number of rotatable bonds is 5. The van der Waals surface area contributed by atoms with Crippen molar-refractivity contribution in [2.75, 3.05) is 12.3 Å². The number of nitrogens with zero attached hydrogens (tertiary/aromatic N) is 3. The fraction of sp³-hybridized carbons (Fsp3) is 0.375. The summed E-state index contributed by atoms with van der Waals surface area (Å²) in [5.74, 6) is -0.471. The maximum absolute atomic E-state index is 12.4. The van der Waals surface area contributed by atoms with E-state index in [9.17, 15) is 13.2 Å². The van der Waals surface area contributed by atoms with Crippen molar-refractivity contribution < 1.29 is 13.2 Å². The Morgan fingerprint density at radius 3 is 2.75 bits per heavy atom. The van der Waals surface area contributed by atoms with E-state index >= 15 is 0 Å². The topological polar surface area (TPSA) is 98.3 Å². The largest absolute Gasteiger partial charge is 0.336 e. The summed E-state index contributed by atoms with van der Waals surface area (Å²) < 4.78 is 24.3. The Kier molecular flexibility index (Phi) is 4.42. The maximum atomic E-state index is 12.4. The molecule has 0 spiro atoms. The van der Waals surface area contributed by atoms with Gasteiger partial charge in [-0.05, 0) is 19.1 Å². The minimum absolute atomic E-state index is 0.0496. The van der Waals surface area contributed by atoms with E-state index in [4.69, 9.17) is 5.14 Å². The second-order valence-electron chi connectivity index (χ2n) is 6.13. The van der Waals surface area contributed by atoms with Crippen molar-refractivity contribution in [2.45, 2.75) is 19.4 Å². The van der Waals surface area contributed by atoms with Gasteiger partial charge in [-0.15, -0.1) is 0 Å². The number of benzene rings is 1. The normalized spacial score (nSPS) is 19.7. The Morgan fingerprint density at radius 2 is 2.08 bits per heavy atom. The SMILES string of the molecule is CC(c1ccccc1-n1cccn1)N1CC(CS(N)(=O)=O)CC1=O. The first kappa shape index (κ1) is 16.7. The molecule has 2 heterocycles. The monoisotopic (exact) mass is 348 g/mol. The predicted molar refractivity (Wildman–Crippen MR) is 89.8 cm³/mol. The molecule has 24 heavy (non-hydrogen) atoms. The van der Waals surface area contributed by atoms with Crippen molar-refractivity contribution in [3.63, 3.8) is 0 Å². The van der Waals surface area contributed by atoms with Gasteiger partial charge in [-0.2, -0.15) is 5.10 Å². The van der Waals surface area contributed by atoms with Gasteiger partial charge in [0.15, 0.2) is 0 Å². The van der Waals surface area contributed by atoms with Crippen LogP contribution in [0.5, 0.6) is 0 Å². The molecule has 1 aliphatic heterocycles. The van der Waals surface area contributed by atoms with E-state index in [0.717, 1.165) is 11.3 Å². The molecule has 2 aromatic rings. The first-order chi connectivity index (χ1) is 11.3. The molecule has 0 bridgehead atoms. The zero-order valence-electron chi connectivity index (χ0n) is 13.4. The Bertz CT molecular complexity index is 833. The molecule has 1 fully saturated rings. The van der Waals surface area contributed by atoms with Crippen molar-refractivity contribution in [3.8, 4) is 5.69 Å². The van der Waals surface area contributed by atoms with Crippen LogP contribution < -0.4 is 5.14 Å². The van der Waals surface area contributed by atoms with E-state index < -0.39 is 10.0 Å². The van der Waals surface area contributed by atoms with E-state index in [1.165, 1.54) is 0 Å². The molecule has 2 unspecified atom stereocenters. The number of amides is 1. The number of aromatic nitrogens is 2. The van der Waals surface area contributed by atoms with Crippen LogP contribution in [0.4, 0.5) is 0 Å². The van der Waals surface area contributed by atoms with Crippen LogP contribution in [0.3, 0.4) is 0 Å². The summed E-state index contributed by atoms with van der Waals surface area (Å²) in [4.78, 5) is 14.1. The lowest BCUT2D eigenvalue weighted by Crippen LogP contribution is -2.30. The van der Waals surface area contributed by atoms with Gasteiger partial charge in [-0.25, -0.2) is 18.2 Å². The summed E-state index contributed by atoms with van der Waals surface area (Å²) in [5.41, 5.74) is 1.86. The second kappa shape index (κ2) is 6.37. The lowest BCUT2D eigenvalue weighted by atomic mass is 10.0. The summed E-state index contributed by atoms with van der Waals surface area (Å²) in [7, 11) is -3.58. The lowest BCUT2D eigenvalue weighted by molar-refractivity contribution is -0.129. The third-order valence-corrected chi connectivity index (χ3v) is 5.25. The molecule has 1 saturated heterocycles. The third kappa shape index (κ3) is 3.49. The van der Waals surface area contributed by atoms with Gasteiger partial charge >= 0.3 is 0 Å². The van der Waals surface area contributed by atoms with Crippen LogP contribution in [0.25, 0.3) is 5.69 Å². The van der Waals surface area contributed by atoms with Crippen molar-refractivity contribution in [3.05, 3.63) is 48.3 Å². The number of nitrogens with two attached hydrogens (primary N) is 1. The highest BCUT2D eigenvalue weighted by Gasteiger charge is 2.35. The van der Waals surface area contributed by atoms with Gasteiger partial charge in [0.2, 0.25) is 15.9 Å². The first-order valence-electron chi connectivity index (χ1n) is 7.74. The molecule has 2 atom stereocenters. The standard InChI is InChI=1S/C16H20N4O3S/c1-12(19-10-13(9-16(19)21)11-24(17,22)23)14-5-2-3-6-15(14)20-8-4-7-18-20/h2-8,12-13H,9-11H2,1H3,(H2,17,22,23). The van der Waals surface area contributed by atoms with E-state index in [0.29, 0.717) is 6.54 Å². The Balaban J connectivity index is 1.85. The first-order valence-corrected chi connectivity index (χ1v) is 9.45. The lowest BCUT2D eigenvalue weighted by Gasteiger charge is -2.27. The van der Waals surface area contributed by atoms with Gasteiger partial charge in [-0.1, -0.05) is 18.2 Å². The number of para-hydroxylation sites is 1. The minimum Gasteiger partial charge on any atom is -0.336 e. The highest BCUT2D eigenvalue weighted by atomic mass is 32.2. The zero-order valence-corrected chi connectivity index (χ0v) is 14.2. The maximum Gasteiger partial charge on any atom is 0.223 e. The van der Waals surface area contributed by atoms with Gasteiger partial charge in [0.1, 0.15) is 0 Å². The van der Waals surface area contributed by atoms with Crippen molar-refractivity contribution >= 4 is 15.9 Å². The Morgan fingerprint density at radius 1 is 1.33 bits per heavy atom. The highest BCUT2D eigenvalue weighted by Crippen LogP contribution is 2.31. The van der Waals surface area contributed by atoms with E-state index in [-0.39, 0.29) is 30.0 Å². The van der Waals surface area contributed by atoms with Crippen molar-refractivity contribution in [2.24, 2.45) is 11.1 Å². The summed E-state index contributed by atoms with van der Waals surface area (Å²) in [6, 6.07) is 9.40. The molecule has 3 rings (SSSR count). The van der Waals surface area contributed by atoms with Crippen LogP contribution in [-0.2, 0) is 14.8 Å². The molecular formula is C16H20N4O3S. The Labute approximate surface area is 141 Å². The number of carbonyl (C=O) groups is 1. The molecule has 1 aromatic carbocycles.